The lowest BCUT2D eigenvalue weighted by Gasteiger charge is -2.48. The Morgan fingerprint density at radius 2 is 1.81 bits per heavy atom. The molecule has 1 aliphatic rings. The third-order valence-electron chi connectivity index (χ3n) is 3.63. The minimum absolute atomic E-state index is 0.157. The molecule has 118 valence electrons. The zero-order chi connectivity index (χ0) is 15.8. The minimum Gasteiger partial charge on any atom is -0.366 e. The molecule has 1 saturated heterocycles. The van der Waals surface area contributed by atoms with E-state index < -0.39 is 0 Å². The largest absolute Gasteiger partial charge is 0.366 e. The summed E-state index contributed by atoms with van der Waals surface area (Å²) in [5.41, 5.74) is 8.28. The Kier molecular flexibility index (Phi) is 4.72. The molecule has 2 N–H and O–H groups in total. The van der Waals surface area contributed by atoms with E-state index in [1.807, 2.05) is 0 Å². The lowest BCUT2D eigenvalue weighted by Crippen LogP contribution is -2.57. The van der Waals surface area contributed by atoms with Gasteiger partial charge in [0.1, 0.15) is 0 Å². The van der Waals surface area contributed by atoms with Gasteiger partial charge in [0, 0.05) is 29.3 Å². The molecule has 2 rings (SSSR count). The van der Waals surface area contributed by atoms with E-state index in [1.54, 1.807) is 0 Å². The molecule has 0 aliphatic carbocycles. The van der Waals surface area contributed by atoms with Gasteiger partial charge in [-0.05, 0) is 58.7 Å². The molecule has 1 aromatic rings. The fourth-order valence-electron chi connectivity index (χ4n) is 3.31. The van der Waals surface area contributed by atoms with Crippen molar-refractivity contribution in [2.24, 2.45) is 5.73 Å². The van der Waals surface area contributed by atoms with Gasteiger partial charge in [-0.25, -0.2) is 0 Å². The molecule has 0 radical (unpaired) electrons. The Morgan fingerprint density at radius 1 is 1.24 bits per heavy atom. The van der Waals surface area contributed by atoms with E-state index in [1.165, 1.54) is 11.3 Å². The van der Waals surface area contributed by atoms with Gasteiger partial charge in [0.05, 0.1) is 11.2 Å². The predicted molar refractivity (Wildman–Crippen MR) is 93.0 cm³/mol. The van der Waals surface area contributed by atoms with Gasteiger partial charge >= 0.3 is 0 Å². The summed E-state index contributed by atoms with van der Waals surface area (Å²) in [5.74, 6) is 0. The normalized spacial score (nSPS) is 22.1. The number of nitrogens with two attached hydrogens (primary N) is 1. The molecule has 1 fully saturated rings. The molecule has 1 atom stereocenters. The first-order valence-electron chi connectivity index (χ1n) is 7.57. The topological polar surface area (TPSA) is 38.5 Å². The summed E-state index contributed by atoms with van der Waals surface area (Å²) in [7, 11) is 0. The highest BCUT2D eigenvalue weighted by molar-refractivity contribution is 9.10. The zero-order valence-electron chi connectivity index (χ0n) is 13.7. The van der Waals surface area contributed by atoms with E-state index in [2.05, 4.69) is 73.6 Å². The van der Waals surface area contributed by atoms with Crippen molar-refractivity contribution in [2.45, 2.75) is 58.3 Å². The summed E-state index contributed by atoms with van der Waals surface area (Å²) in [6.45, 7) is 12.5. The van der Waals surface area contributed by atoms with Crippen molar-refractivity contribution in [1.29, 1.82) is 0 Å². The Morgan fingerprint density at radius 3 is 2.33 bits per heavy atom. The first-order chi connectivity index (χ1) is 9.58. The summed E-state index contributed by atoms with van der Waals surface area (Å²) in [5, 5.41) is 0. The van der Waals surface area contributed by atoms with Crippen LogP contribution >= 0.6 is 15.9 Å². The number of rotatable bonds is 3. The number of nitrogens with zero attached hydrogens (tertiary/aromatic N) is 1. The third kappa shape index (κ3) is 4.44. The van der Waals surface area contributed by atoms with Crippen molar-refractivity contribution in [2.75, 3.05) is 18.0 Å². The molecule has 0 spiro atoms. The van der Waals surface area contributed by atoms with Crippen LogP contribution in [0.2, 0.25) is 0 Å². The summed E-state index contributed by atoms with van der Waals surface area (Å²) < 4.78 is 7.29. The van der Waals surface area contributed by atoms with Crippen molar-refractivity contribution in [3.8, 4) is 0 Å². The average molecular weight is 355 g/mol. The van der Waals surface area contributed by atoms with E-state index in [4.69, 9.17) is 10.5 Å². The SMILES string of the molecule is CC(N)Cc1ccc(Br)cc1N1CC(C)(C)OC(C)(C)C1. The van der Waals surface area contributed by atoms with Gasteiger partial charge in [0.2, 0.25) is 0 Å². The van der Waals surface area contributed by atoms with Gasteiger partial charge in [0.15, 0.2) is 0 Å². The molecular weight excluding hydrogens is 328 g/mol. The average Bonchev–Trinajstić information content (AvgIpc) is 2.26. The molecule has 1 unspecified atom stereocenters. The molecule has 1 aliphatic heterocycles. The van der Waals surface area contributed by atoms with Gasteiger partial charge in [-0.3, -0.25) is 0 Å². The highest BCUT2D eigenvalue weighted by Crippen LogP contribution is 2.34. The van der Waals surface area contributed by atoms with Crippen molar-refractivity contribution in [3.63, 3.8) is 0 Å². The second-order valence-electron chi connectivity index (χ2n) is 7.43. The van der Waals surface area contributed by atoms with E-state index in [9.17, 15) is 0 Å². The number of ether oxygens (including phenoxy) is 1. The van der Waals surface area contributed by atoms with Crippen LogP contribution in [0.3, 0.4) is 0 Å². The van der Waals surface area contributed by atoms with Gasteiger partial charge in [-0.2, -0.15) is 0 Å². The van der Waals surface area contributed by atoms with Crippen LogP contribution in [0.5, 0.6) is 0 Å². The first kappa shape index (κ1) is 16.8. The molecule has 1 heterocycles. The van der Waals surface area contributed by atoms with Gasteiger partial charge in [-0.15, -0.1) is 0 Å². The number of benzene rings is 1. The van der Waals surface area contributed by atoms with Gasteiger partial charge in [0.25, 0.3) is 0 Å². The number of morpholine rings is 1. The molecule has 3 nitrogen and oxygen atoms in total. The highest BCUT2D eigenvalue weighted by atomic mass is 79.9. The van der Waals surface area contributed by atoms with E-state index in [0.717, 1.165) is 24.0 Å². The second kappa shape index (κ2) is 5.90. The maximum Gasteiger partial charge on any atom is 0.0808 e. The summed E-state index contributed by atoms with van der Waals surface area (Å²) in [6, 6.07) is 6.64. The Labute approximate surface area is 137 Å². The van der Waals surface area contributed by atoms with Crippen LogP contribution in [0.4, 0.5) is 5.69 Å². The third-order valence-corrected chi connectivity index (χ3v) is 4.12. The molecule has 21 heavy (non-hydrogen) atoms. The number of hydrogen-bond acceptors (Lipinski definition) is 3. The van der Waals surface area contributed by atoms with Crippen molar-refractivity contribution < 1.29 is 4.74 Å². The molecule has 1 aromatic carbocycles. The van der Waals surface area contributed by atoms with Crippen LogP contribution in [0.25, 0.3) is 0 Å². The van der Waals surface area contributed by atoms with Crippen LogP contribution in [-0.4, -0.2) is 30.3 Å². The van der Waals surface area contributed by atoms with Crippen LogP contribution < -0.4 is 10.6 Å². The van der Waals surface area contributed by atoms with Crippen LogP contribution in [0.1, 0.15) is 40.2 Å². The summed E-state index contributed by atoms with van der Waals surface area (Å²) in [4.78, 5) is 2.44. The van der Waals surface area contributed by atoms with E-state index in [0.29, 0.717) is 0 Å². The molecule has 0 saturated carbocycles. The monoisotopic (exact) mass is 354 g/mol. The van der Waals surface area contributed by atoms with Crippen LogP contribution in [0.15, 0.2) is 22.7 Å². The molecule has 0 aromatic heterocycles. The van der Waals surface area contributed by atoms with Crippen molar-refractivity contribution in [1.82, 2.24) is 0 Å². The molecule has 0 amide bonds. The second-order valence-corrected chi connectivity index (χ2v) is 8.35. The molecule has 4 heteroatoms. The van der Waals surface area contributed by atoms with Crippen LogP contribution in [0, 0.1) is 0 Å². The first-order valence-corrected chi connectivity index (χ1v) is 8.36. The number of hydrogen-bond donors (Lipinski definition) is 1. The maximum atomic E-state index is 6.19. The highest BCUT2D eigenvalue weighted by Gasteiger charge is 2.38. The fraction of sp³-hybridized carbons (Fsp3) is 0.647. The van der Waals surface area contributed by atoms with Crippen molar-refractivity contribution >= 4 is 21.6 Å². The van der Waals surface area contributed by atoms with E-state index >= 15 is 0 Å². The fourth-order valence-corrected chi connectivity index (χ4v) is 3.66. The minimum atomic E-state index is -0.157. The van der Waals surface area contributed by atoms with Crippen molar-refractivity contribution in [3.05, 3.63) is 28.2 Å². The number of halogens is 1. The standard InChI is InChI=1S/C17H27BrN2O/c1-12(19)8-13-6-7-14(18)9-15(13)20-10-16(2,3)21-17(4,5)11-20/h6-7,9,12H,8,10-11,19H2,1-5H3. The van der Waals surface area contributed by atoms with Crippen LogP contribution in [-0.2, 0) is 11.2 Å². The van der Waals surface area contributed by atoms with Gasteiger partial charge in [-0.1, -0.05) is 22.0 Å². The zero-order valence-corrected chi connectivity index (χ0v) is 15.3. The quantitative estimate of drug-likeness (QED) is 0.898. The Bertz CT molecular complexity index is 496. The lowest BCUT2D eigenvalue weighted by atomic mass is 9.96. The smallest absolute Gasteiger partial charge is 0.0808 e. The molecular formula is C17H27BrN2O. The van der Waals surface area contributed by atoms with E-state index in [-0.39, 0.29) is 17.2 Å². The Balaban J connectivity index is 2.37. The Hall–Kier alpha value is -0.580. The summed E-state index contributed by atoms with van der Waals surface area (Å²) >= 11 is 3.60. The predicted octanol–water partition coefficient (Wildman–Crippen LogP) is 3.73. The maximum absolute atomic E-state index is 6.19. The number of anilines is 1. The summed E-state index contributed by atoms with van der Waals surface area (Å²) in [6.07, 6.45) is 0.890. The molecule has 0 bridgehead atoms. The lowest BCUT2D eigenvalue weighted by molar-refractivity contribution is -0.133. The van der Waals surface area contributed by atoms with Gasteiger partial charge < -0.3 is 15.4 Å².